The summed E-state index contributed by atoms with van der Waals surface area (Å²) in [6.45, 7) is -2.86. The van der Waals surface area contributed by atoms with Crippen molar-refractivity contribution in [2.45, 2.75) is 30.7 Å². The first-order chi connectivity index (χ1) is 9.49. The van der Waals surface area contributed by atoms with Crippen molar-refractivity contribution >= 4 is 0 Å². The van der Waals surface area contributed by atoms with Gasteiger partial charge in [0.15, 0.2) is 5.79 Å². The Morgan fingerprint density at radius 1 is 1.15 bits per heavy atom. The maximum Gasteiger partial charge on any atom is 0.387 e. The van der Waals surface area contributed by atoms with E-state index in [1.807, 2.05) is 0 Å². The predicted molar refractivity (Wildman–Crippen MR) is 66.3 cm³/mol. The highest BCUT2D eigenvalue weighted by molar-refractivity contribution is 5.40. The number of nitriles is 1. The number of ether oxygens (including phenoxy) is 3. The molecule has 0 heterocycles. The molecule has 1 aromatic carbocycles. The zero-order valence-electron chi connectivity index (χ0n) is 11.2. The molecule has 108 valence electrons. The second-order valence-corrected chi connectivity index (χ2v) is 4.77. The van der Waals surface area contributed by atoms with E-state index >= 15 is 0 Å². The molecule has 0 amide bonds. The Kier molecular flexibility index (Phi) is 3.93. The summed E-state index contributed by atoms with van der Waals surface area (Å²) in [6.07, 6.45) is 0.803. The van der Waals surface area contributed by atoms with Crippen LogP contribution in [0.15, 0.2) is 24.3 Å². The lowest BCUT2D eigenvalue weighted by molar-refractivity contribution is -0.269. The van der Waals surface area contributed by atoms with E-state index in [9.17, 15) is 14.0 Å². The molecule has 20 heavy (non-hydrogen) atoms. The fourth-order valence-corrected chi connectivity index (χ4v) is 2.54. The van der Waals surface area contributed by atoms with Gasteiger partial charge in [0, 0.05) is 27.1 Å². The zero-order chi connectivity index (χ0) is 14.8. The van der Waals surface area contributed by atoms with Crippen molar-refractivity contribution in [3.05, 3.63) is 29.8 Å². The largest absolute Gasteiger partial charge is 0.435 e. The van der Waals surface area contributed by atoms with Crippen LogP contribution in [-0.4, -0.2) is 26.6 Å². The molecule has 0 bridgehead atoms. The third-order valence-corrected chi connectivity index (χ3v) is 3.73. The Hall–Kier alpha value is -1.71. The molecule has 0 radical (unpaired) electrons. The van der Waals surface area contributed by atoms with E-state index < -0.39 is 17.8 Å². The number of benzene rings is 1. The molecule has 6 heteroatoms. The number of hydrogen-bond acceptors (Lipinski definition) is 4. The number of hydrogen-bond donors (Lipinski definition) is 0. The highest BCUT2D eigenvalue weighted by atomic mass is 19.3. The summed E-state index contributed by atoms with van der Waals surface area (Å²) in [4.78, 5) is 0. The summed E-state index contributed by atoms with van der Waals surface area (Å²) in [7, 11) is 3.06. The smallest absolute Gasteiger partial charge is 0.387 e. The second-order valence-electron chi connectivity index (χ2n) is 4.77. The monoisotopic (exact) mass is 283 g/mol. The topological polar surface area (TPSA) is 51.5 Å². The van der Waals surface area contributed by atoms with Crippen LogP contribution in [-0.2, 0) is 14.9 Å². The average molecular weight is 283 g/mol. The van der Waals surface area contributed by atoms with Gasteiger partial charge in [-0.2, -0.15) is 14.0 Å². The molecule has 1 aliphatic rings. The normalized spacial score (nSPS) is 19.2. The Morgan fingerprint density at radius 3 is 2.10 bits per heavy atom. The van der Waals surface area contributed by atoms with Crippen molar-refractivity contribution in [2.24, 2.45) is 0 Å². The molecule has 0 aliphatic heterocycles. The van der Waals surface area contributed by atoms with Crippen molar-refractivity contribution in [2.75, 3.05) is 14.2 Å². The van der Waals surface area contributed by atoms with Gasteiger partial charge >= 0.3 is 6.61 Å². The van der Waals surface area contributed by atoms with Crippen molar-refractivity contribution in [3.63, 3.8) is 0 Å². The minimum absolute atomic E-state index is 0.0703. The van der Waals surface area contributed by atoms with Crippen LogP contribution in [0.5, 0.6) is 5.75 Å². The summed E-state index contributed by atoms with van der Waals surface area (Å²) < 4.78 is 39.0. The van der Waals surface area contributed by atoms with Crippen LogP contribution in [0.25, 0.3) is 0 Å². The number of rotatable bonds is 5. The van der Waals surface area contributed by atoms with Gasteiger partial charge < -0.3 is 14.2 Å². The summed E-state index contributed by atoms with van der Waals surface area (Å²) in [5.74, 6) is -0.672. The molecule has 0 atom stereocenters. The van der Waals surface area contributed by atoms with Gasteiger partial charge in [0.25, 0.3) is 0 Å². The van der Waals surface area contributed by atoms with Crippen LogP contribution < -0.4 is 4.74 Å². The van der Waals surface area contributed by atoms with E-state index in [-0.39, 0.29) is 5.75 Å². The molecular weight excluding hydrogens is 268 g/mol. The van der Waals surface area contributed by atoms with Crippen LogP contribution in [0, 0.1) is 11.3 Å². The quantitative estimate of drug-likeness (QED) is 0.780. The maximum atomic E-state index is 12.1. The zero-order valence-corrected chi connectivity index (χ0v) is 11.2. The highest BCUT2D eigenvalue weighted by Gasteiger charge is 2.57. The number of halogens is 2. The minimum Gasteiger partial charge on any atom is -0.435 e. The molecular formula is C14H15F2NO3. The van der Waals surface area contributed by atoms with E-state index in [1.165, 1.54) is 26.4 Å². The Labute approximate surface area is 115 Å². The van der Waals surface area contributed by atoms with E-state index in [0.717, 1.165) is 5.56 Å². The second kappa shape index (κ2) is 5.35. The molecule has 0 aromatic heterocycles. The third kappa shape index (κ3) is 2.47. The van der Waals surface area contributed by atoms with E-state index in [1.54, 1.807) is 12.1 Å². The summed E-state index contributed by atoms with van der Waals surface area (Å²) in [5.41, 5.74) is 0.0291. The van der Waals surface area contributed by atoms with Crippen molar-refractivity contribution < 1.29 is 23.0 Å². The lowest BCUT2D eigenvalue weighted by Crippen LogP contribution is -2.56. The molecule has 0 saturated heterocycles. The molecule has 0 spiro atoms. The van der Waals surface area contributed by atoms with Crippen molar-refractivity contribution in [1.29, 1.82) is 5.26 Å². The summed E-state index contributed by atoms with van der Waals surface area (Å²) in [6, 6.07) is 8.37. The van der Waals surface area contributed by atoms with Gasteiger partial charge in [-0.25, -0.2) is 0 Å². The minimum atomic E-state index is -2.86. The molecule has 0 N–H and O–H groups in total. The molecule has 1 fully saturated rings. The van der Waals surface area contributed by atoms with Gasteiger partial charge in [-0.3, -0.25) is 0 Å². The standard InChI is InChI=1S/C14H15F2NO3/c1-18-14(19-2)7-13(8-14,9-17)10-3-5-11(6-4-10)20-12(15)16/h3-6,12H,7-8H2,1-2H3. The Morgan fingerprint density at radius 2 is 1.70 bits per heavy atom. The first-order valence-corrected chi connectivity index (χ1v) is 6.06. The van der Waals surface area contributed by atoms with Gasteiger partial charge in [-0.1, -0.05) is 12.1 Å². The van der Waals surface area contributed by atoms with Gasteiger partial charge in [0.05, 0.1) is 11.5 Å². The molecule has 4 nitrogen and oxygen atoms in total. The van der Waals surface area contributed by atoms with Crippen LogP contribution >= 0.6 is 0 Å². The average Bonchev–Trinajstić information content (AvgIpc) is 2.40. The van der Waals surface area contributed by atoms with E-state index in [2.05, 4.69) is 10.8 Å². The van der Waals surface area contributed by atoms with Crippen LogP contribution in [0.2, 0.25) is 0 Å². The SMILES string of the molecule is COC1(OC)CC(C#N)(c2ccc(OC(F)F)cc2)C1. The fraction of sp³-hybridized carbons (Fsp3) is 0.500. The maximum absolute atomic E-state index is 12.1. The third-order valence-electron chi connectivity index (χ3n) is 3.73. The first-order valence-electron chi connectivity index (χ1n) is 6.06. The molecule has 1 aliphatic carbocycles. The number of nitrogens with zero attached hydrogens (tertiary/aromatic N) is 1. The molecule has 0 unspecified atom stereocenters. The van der Waals surface area contributed by atoms with Crippen LogP contribution in [0.3, 0.4) is 0 Å². The van der Waals surface area contributed by atoms with Crippen molar-refractivity contribution in [1.82, 2.24) is 0 Å². The molecule has 1 aromatic rings. The van der Waals surface area contributed by atoms with Gasteiger partial charge in [-0.05, 0) is 17.7 Å². The lowest BCUT2D eigenvalue weighted by atomic mass is 9.61. The Balaban J connectivity index is 2.17. The summed E-state index contributed by atoms with van der Waals surface area (Å²) in [5, 5.41) is 9.42. The van der Waals surface area contributed by atoms with Crippen LogP contribution in [0.1, 0.15) is 18.4 Å². The number of methoxy groups -OCH3 is 2. The highest BCUT2D eigenvalue weighted by Crippen LogP contribution is 2.52. The molecule has 2 rings (SSSR count). The Bertz CT molecular complexity index is 498. The number of alkyl halides is 2. The fourth-order valence-electron chi connectivity index (χ4n) is 2.54. The van der Waals surface area contributed by atoms with Gasteiger partial charge in [-0.15, -0.1) is 0 Å². The van der Waals surface area contributed by atoms with Crippen molar-refractivity contribution in [3.8, 4) is 11.8 Å². The molecule has 1 saturated carbocycles. The van der Waals surface area contributed by atoms with Gasteiger partial charge in [0.2, 0.25) is 0 Å². The van der Waals surface area contributed by atoms with Crippen LogP contribution in [0.4, 0.5) is 8.78 Å². The van der Waals surface area contributed by atoms with Gasteiger partial charge in [0.1, 0.15) is 5.75 Å². The van der Waals surface area contributed by atoms with E-state index in [4.69, 9.17) is 9.47 Å². The first kappa shape index (κ1) is 14.7. The lowest BCUT2D eigenvalue weighted by Gasteiger charge is -2.50. The predicted octanol–water partition coefficient (Wildman–Crippen LogP) is 2.83. The van der Waals surface area contributed by atoms with E-state index in [0.29, 0.717) is 12.8 Å². The summed E-state index contributed by atoms with van der Waals surface area (Å²) >= 11 is 0.